The summed E-state index contributed by atoms with van der Waals surface area (Å²) in [6.07, 6.45) is -4.35. The molecule has 2 unspecified atom stereocenters. The minimum absolute atomic E-state index is 0.0894. The van der Waals surface area contributed by atoms with E-state index in [4.69, 9.17) is 9.47 Å². The van der Waals surface area contributed by atoms with Gasteiger partial charge in [-0.3, -0.25) is 4.90 Å². The Kier molecular flexibility index (Phi) is 5.40. The number of alkyl halides is 3. The second kappa shape index (κ2) is 7.22. The Morgan fingerprint density at radius 3 is 2.39 bits per heavy atom. The first-order chi connectivity index (χ1) is 12.9. The van der Waals surface area contributed by atoms with E-state index in [-0.39, 0.29) is 44.6 Å². The summed E-state index contributed by atoms with van der Waals surface area (Å²) in [5.74, 6) is 0. The van der Waals surface area contributed by atoms with Gasteiger partial charge in [0.2, 0.25) is 0 Å². The maximum absolute atomic E-state index is 13.0. The molecule has 2 aliphatic heterocycles. The fraction of sp³-hybridized carbons (Fsp3) is 0.650. The number of piperidine rings is 1. The van der Waals surface area contributed by atoms with Crippen molar-refractivity contribution < 1.29 is 32.5 Å². The number of aliphatic hydroxyl groups is 1. The third kappa shape index (κ3) is 4.78. The number of fused-ring (bicyclic) bond motifs is 2. The van der Waals surface area contributed by atoms with Crippen molar-refractivity contribution in [3.05, 3.63) is 35.4 Å². The second-order valence-electron chi connectivity index (χ2n) is 8.74. The van der Waals surface area contributed by atoms with Crippen LogP contribution in [0.3, 0.4) is 0 Å². The van der Waals surface area contributed by atoms with Gasteiger partial charge in [-0.15, -0.1) is 0 Å². The van der Waals surface area contributed by atoms with Gasteiger partial charge in [-0.05, 0) is 45.2 Å². The van der Waals surface area contributed by atoms with Gasteiger partial charge in [-0.1, -0.05) is 18.2 Å². The van der Waals surface area contributed by atoms with Gasteiger partial charge < -0.3 is 14.6 Å². The highest BCUT2D eigenvalue weighted by molar-refractivity contribution is 5.69. The molecule has 1 amide bonds. The van der Waals surface area contributed by atoms with Gasteiger partial charge in [0.25, 0.3) is 0 Å². The summed E-state index contributed by atoms with van der Waals surface area (Å²) in [6.45, 7) is 5.88. The summed E-state index contributed by atoms with van der Waals surface area (Å²) < 4.78 is 49.9. The Morgan fingerprint density at radius 2 is 1.86 bits per heavy atom. The first kappa shape index (κ1) is 20.9. The lowest BCUT2D eigenvalue weighted by atomic mass is 9.77. The number of hydrogen-bond acceptors (Lipinski definition) is 4. The van der Waals surface area contributed by atoms with Crippen LogP contribution < -0.4 is 0 Å². The molecule has 0 saturated carbocycles. The fourth-order valence-corrected chi connectivity index (χ4v) is 4.07. The second-order valence-corrected chi connectivity index (χ2v) is 8.74. The zero-order chi connectivity index (χ0) is 20.7. The van der Waals surface area contributed by atoms with E-state index in [1.807, 2.05) is 0 Å². The zero-order valence-corrected chi connectivity index (χ0v) is 16.3. The molecule has 1 N–H and O–H groups in total. The van der Waals surface area contributed by atoms with E-state index in [1.54, 1.807) is 31.7 Å². The van der Waals surface area contributed by atoms with Gasteiger partial charge in [0.05, 0.1) is 36.5 Å². The lowest BCUT2D eigenvalue weighted by molar-refractivity contribution is -0.139. The van der Waals surface area contributed by atoms with Gasteiger partial charge >= 0.3 is 12.3 Å². The highest BCUT2D eigenvalue weighted by Gasteiger charge is 2.49. The fourth-order valence-electron chi connectivity index (χ4n) is 4.07. The van der Waals surface area contributed by atoms with Crippen LogP contribution in [0.15, 0.2) is 24.3 Å². The Hall–Kier alpha value is -1.80. The van der Waals surface area contributed by atoms with Gasteiger partial charge in [0, 0.05) is 6.42 Å². The number of benzene rings is 1. The monoisotopic (exact) mass is 401 g/mol. The average Bonchev–Trinajstić information content (AvgIpc) is 2.51. The van der Waals surface area contributed by atoms with Crippen LogP contribution in [-0.2, 0) is 22.1 Å². The standard InChI is InChI=1S/C20H26F3NO4/c1-18(2,3)28-17(25)24-15-9-19(26,10-16(24)12-27-11-15)8-13-5-4-6-14(7-13)20(21,22)23/h4-7,15-16,26H,8-12H2,1-3H3. The third-order valence-electron chi connectivity index (χ3n) is 5.03. The molecule has 28 heavy (non-hydrogen) atoms. The predicted molar refractivity (Wildman–Crippen MR) is 95.8 cm³/mol. The molecule has 2 heterocycles. The molecule has 2 saturated heterocycles. The summed E-state index contributed by atoms with van der Waals surface area (Å²) >= 11 is 0. The molecule has 1 aromatic rings. The van der Waals surface area contributed by atoms with Gasteiger partial charge in [-0.25, -0.2) is 4.79 Å². The molecule has 8 heteroatoms. The molecule has 3 rings (SSSR count). The van der Waals surface area contributed by atoms with Crippen molar-refractivity contribution in [2.45, 2.75) is 69.5 Å². The summed E-state index contributed by atoms with van der Waals surface area (Å²) in [7, 11) is 0. The number of carbonyl (C=O) groups excluding carboxylic acids is 1. The van der Waals surface area contributed by atoms with Crippen LogP contribution in [0, 0.1) is 0 Å². The number of hydrogen-bond donors (Lipinski definition) is 1. The molecule has 156 valence electrons. The van der Waals surface area contributed by atoms with E-state index in [0.717, 1.165) is 12.1 Å². The van der Waals surface area contributed by atoms with Crippen LogP contribution in [0.2, 0.25) is 0 Å². The van der Waals surface area contributed by atoms with E-state index in [1.165, 1.54) is 6.07 Å². The summed E-state index contributed by atoms with van der Waals surface area (Å²) in [5, 5.41) is 11.1. The quantitative estimate of drug-likeness (QED) is 0.820. The van der Waals surface area contributed by atoms with Crippen molar-refractivity contribution in [2.75, 3.05) is 13.2 Å². The van der Waals surface area contributed by atoms with E-state index in [9.17, 15) is 23.1 Å². The molecule has 0 aromatic heterocycles. The summed E-state index contributed by atoms with van der Waals surface area (Å²) in [5.41, 5.74) is -2.16. The molecular weight excluding hydrogens is 375 g/mol. The van der Waals surface area contributed by atoms with Gasteiger partial charge in [-0.2, -0.15) is 13.2 Å². The lowest BCUT2D eigenvalue weighted by Gasteiger charge is -2.51. The van der Waals surface area contributed by atoms with Crippen molar-refractivity contribution in [3.8, 4) is 0 Å². The highest BCUT2D eigenvalue weighted by Crippen LogP contribution is 2.38. The van der Waals surface area contributed by atoms with E-state index in [2.05, 4.69) is 0 Å². The number of rotatable bonds is 2. The number of ether oxygens (including phenoxy) is 2. The van der Waals surface area contributed by atoms with Crippen LogP contribution >= 0.6 is 0 Å². The molecule has 0 spiro atoms. The third-order valence-corrected chi connectivity index (χ3v) is 5.03. The predicted octanol–water partition coefficient (Wildman–Crippen LogP) is 3.78. The maximum atomic E-state index is 13.0. The van der Waals surface area contributed by atoms with Gasteiger partial charge in [0.1, 0.15) is 5.60 Å². The number of morpholine rings is 1. The lowest BCUT2D eigenvalue weighted by Crippen LogP contribution is -2.64. The van der Waals surface area contributed by atoms with Crippen molar-refractivity contribution >= 4 is 6.09 Å². The van der Waals surface area contributed by atoms with Crippen LogP contribution in [-0.4, -0.2) is 52.6 Å². The molecule has 1 aromatic carbocycles. The van der Waals surface area contributed by atoms with Crippen LogP contribution in [0.4, 0.5) is 18.0 Å². The van der Waals surface area contributed by atoms with Crippen molar-refractivity contribution in [2.24, 2.45) is 0 Å². The summed E-state index contributed by atoms with van der Waals surface area (Å²) in [4.78, 5) is 14.2. The first-order valence-electron chi connectivity index (χ1n) is 9.34. The number of nitrogens with zero attached hydrogens (tertiary/aromatic N) is 1. The Balaban J connectivity index is 1.76. The number of carbonyl (C=O) groups is 1. The molecule has 0 aliphatic carbocycles. The minimum atomic E-state index is -4.43. The topological polar surface area (TPSA) is 59.0 Å². The van der Waals surface area contributed by atoms with Crippen molar-refractivity contribution in [1.29, 1.82) is 0 Å². The normalized spacial score (nSPS) is 28.2. The molecule has 2 fully saturated rings. The molecule has 2 bridgehead atoms. The SMILES string of the molecule is CC(C)(C)OC(=O)N1C2COCC1CC(O)(Cc1cccc(C(F)(F)F)c1)C2. The van der Waals surface area contributed by atoms with Crippen LogP contribution in [0.5, 0.6) is 0 Å². The number of halogens is 3. The summed E-state index contributed by atoms with van der Waals surface area (Å²) in [6, 6.07) is 4.27. The Labute approximate surface area is 162 Å². The van der Waals surface area contributed by atoms with Crippen molar-refractivity contribution in [3.63, 3.8) is 0 Å². The smallest absolute Gasteiger partial charge is 0.416 e. The van der Waals surface area contributed by atoms with E-state index < -0.39 is 29.0 Å². The molecule has 2 aliphatic rings. The first-order valence-corrected chi connectivity index (χ1v) is 9.34. The van der Waals surface area contributed by atoms with E-state index >= 15 is 0 Å². The minimum Gasteiger partial charge on any atom is -0.444 e. The molecule has 0 radical (unpaired) electrons. The Bertz CT molecular complexity index is 715. The zero-order valence-electron chi connectivity index (χ0n) is 16.3. The Morgan fingerprint density at radius 1 is 1.25 bits per heavy atom. The number of amides is 1. The van der Waals surface area contributed by atoms with Gasteiger partial charge in [0.15, 0.2) is 0 Å². The van der Waals surface area contributed by atoms with Crippen LogP contribution in [0.25, 0.3) is 0 Å². The average molecular weight is 401 g/mol. The van der Waals surface area contributed by atoms with Crippen LogP contribution in [0.1, 0.15) is 44.7 Å². The van der Waals surface area contributed by atoms with Crippen molar-refractivity contribution in [1.82, 2.24) is 4.90 Å². The highest BCUT2D eigenvalue weighted by atomic mass is 19.4. The molecule has 2 atom stereocenters. The maximum Gasteiger partial charge on any atom is 0.416 e. The molecule has 5 nitrogen and oxygen atoms in total. The largest absolute Gasteiger partial charge is 0.444 e. The van der Waals surface area contributed by atoms with E-state index in [0.29, 0.717) is 5.56 Å². The molecular formula is C20H26F3NO4.